The van der Waals surface area contributed by atoms with Crippen molar-refractivity contribution in [3.63, 3.8) is 0 Å². The lowest BCUT2D eigenvalue weighted by Gasteiger charge is -2.28. The predicted octanol–water partition coefficient (Wildman–Crippen LogP) is 3.13. The molecule has 0 saturated carbocycles. The number of ether oxygens (including phenoxy) is 1. The molecule has 0 radical (unpaired) electrons. The maximum atomic E-state index is 12.9. The summed E-state index contributed by atoms with van der Waals surface area (Å²) in [6.07, 6.45) is 0.513. The number of carbonyl (C=O) groups is 2. The lowest BCUT2D eigenvalue weighted by atomic mass is 9.95. The highest BCUT2D eigenvalue weighted by atomic mass is 35.5. The van der Waals surface area contributed by atoms with Crippen molar-refractivity contribution in [2.24, 2.45) is 5.92 Å². The molecule has 1 aliphatic heterocycles. The second-order valence-corrected chi connectivity index (χ2v) is 6.65. The second-order valence-electron chi connectivity index (χ2n) is 6.21. The van der Waals surface area contributed by atoms with Gasteiger partial charge in [-0.3, -0.25) is 9.59 Å². The van der Waals surface area contributed by atoms with E-state index in [9.17, 15) is 14.0 Å². The average Bonchev–Trinajstić information content (AvgIpc) is 2.62. The summed E-state index contributed by atoms with van der Waals surface area (Å²) in [5.74, 6) is -0.551. The Morgan fingerprint density at radius 3 is 2.73 bits per heavy atom. The van der Waals surface area contributed by atoms with Gasteiger partial charge in [0, 0.05) is 17.8 Å². The van der Waals surface area contributed by atoms with Crippen LogP contribution in [0, 0.1) is 11.7 Å². The number of nitrogens with one attached hydrogen (secondary N) is 1. The zero-order valence-corrected chi connectivity index (χ0v) is 14.9. The van der Waals surface area contributed by atoms with Crippen molar-refractivity contribution in [3.8, 4) is 5.75 Å². The molecule has 1 aliphatic rings. The minimum absolute atomic E-state index is 0.102. The van der Waals surface area contributed by atoms with Crippen molar-refractivity contribution in [1.29, 1.82) is 0 Å². The molecule has 0 fully saturated rings. The van der Waals surface area contributed by atoms with Gasteiger partial charge < -0.3 is 15.0 Å². The number of hydrogen-bond donors (Lipinski definition) is 1. The highest BCUT2D eigenvalue weighted by molar-refractivity contribution is 6.30. The predicted molar refractivity (Wildman–Crippen MR) is 96.8 cm³/mol. The summed E-state index contributed by atoms with van der Waals surface area (Å²) in [6, 6.07) is 10.8. The van der Waals surface area contributed by atoms with Crippen LogP contribution in [0.4, 0.5) is 10.1 Å². The van der Waals surface area contributed by atoms with Gasteiger partial charge in [-0.25, -0.2) is 4.39 Å². The van der Waals surface area contributed by atoms with E-state index in [2.05, 4.69) is 5.32 Å². The molecule has 26 heavy (non-hydrogen) atoms. The lowest BCUT2D eigenvalue weighted by Crippen LogP contribution is -2.42. The van der Waals surface area contributed by atoms with E-state index in [1.165, 1.54) is 29.2 Å². The Morgan fingerprint density at radius 2 is 2.00 bits per heavy atom. The van der Waals surface area contributed by atoms with Gasteiger partial charge in [-0.1, -0.05) is 11.6 Å². The first-order valence-corrected chi connectivity index (χ1v) is 8.52. The minimum atomic E-state index is -0.382. The van der Waals surface area contributed by atoms with E-state index >= 15 is 0 Å². The second kappa shape index (κ2) is 7.74. The van der Waals surface area contributed by atoms with E-state index in [4.69, 9.17) is 16.3 Å². The number of likely N-dealkylation sites (N-methyl/N-ethyl adjacent to an activating group) is 1. The molecule has 2 amide bonds. The van der Waals surface area contributed by atoms with E-state index in [1.807, 2.05) is 0 Å². The van der Waals surface area contributed by atoms with Gasteiger partial charge in [0.05, 0.1) is 12.5 Å². The average molecular weight is 377 g/mol. The molecule has 2 aromatic carbocycles. The molecule has 0 bridgehead atoms. The number of nitrogens with zero attached hydrogens (tertiary/aromatic N) is 1. The quantitative estimate of drug-likeness (QED) is 0.891. The molecule has 0 aromatic heterocycles. The summed E-state index contributed by atoms with van der Waals surface area (Å²) >= 11 is 5.99. The highest BCUT2D eigenvalue weighted by Crippen LogP contribution is 2.30. The SMILES string of the molecule is CN(CC(=O)Nc1ccc(F)cc1)C(=O)[C@@H]1COc2ccc(Cl)cc2C1. The standard InChI is InChI=1S/C19H18ClFN2O3/c1-23(10-18(24)22-16-5-3-15(21)4-6-16)19(25)13-8-12-9-14(20)2-7-17(12)26-11-13/h2-7,9,13H,8,10-11H2,1H3,(H,22,24)/t13-/m0/s1. The van der Waals surface area contributed by atoms with Crippen LogP contribution in [0.5, 0.6) is 5.75 Å². The van der Waals surface area contributed by atoms with Gasteiger partial charge in [0.15, 0.2) is 0 Å². The number of carbonyl (C=O) groups excluding carboxylic acids is 2. The van der Waals surface area contributed by atoms with Gasteiger partial charge in [0.1, 0.15) is 18.2 Å². The van der Waals surface area contributed by atoms with Gasteiger partial charge in [0.25, 0.3) is 0 Å². The van der Waals surface area contributed by atoms with Crippen molar-refractivity contribution in [3.05, 3.63) is 58.9 Å². The smallest absolute Gasteiger partial charge is 0.243 e. The number of fused-ring (bicyclic) bond motifs is 1. The summed E-state index contributed by atoms with van der Waals surface area (Å²) in [5, 5.41) is 3.22. The monoisotopic (exact) mass is 376 g/mol. The number of anilines is 1. The van der Waals surface area contributed by atoms with Crippen molar-refractivity contribution in [2.45, 2.75) is 6.42 Å². The van der Waals surface area contributed by atoms with Crippen LogP contribution in [0.1, 0.15) is 5.56 Å². The molecular weight excluding hydrogens is 359 g/mol. The molecule has 3 rings (SSSR count). The zero-order valence-electron chi connectivity index (χ0n) is 14.2. The van der Waals surface area contributed by atoms with Gasteiger partial charge in [-0.15, -0.1) is 0 Å². The van der Waals surface area contributed by atoms with Crippen LogP contribution in [-0.4, -0.2) is 36.9 Å². The number of benzene rings is 2. The van der Waals surface area contributed by atoms with Crippen LogP contribution < -0.4 is 10.1 Å². The number of rotatable bonds is 4. The topological polar surface area (TPSA) is 58.6 Å². The Balaban J connectivity index is 1.57. The molecule has 0 spiro atoms. The summed E-state index contributed by atoms with van der Waals surface area (Å²) < 4.78 is 18.5. The molecule has 5 nitrogen and oxygen atoms in total. The first-order chi connectivity index (χ1) is 12.4. The lowest BCUT2D eigenvalue weighted by molar-refractivity contribution is -0.138. The van der Waals surface area contributed by atoms with Crippen molar-refractivity contribution in [1.82, 2.24) is 4.90 Å². The molecule has 7 heteroatoms. The van der Waals surface area contributed by atoms with E-state index < -0.39 is 0 Å². The Kier molecular flexibility index (Phi) is 5.42. The van der Waals surface area contributed by atoms with E-state index in [0.717, 1.165) is 11.3 Å². The Hall–Kier alpha value is -2.60. The molecule has 0 unspecified atom stereocenters. The summed E-state index contributed by atoms with van der Waals surface area (Å²) in [5.41, 5.74) is 1.35. The van der Waals surface area contributed by atoms with Crippen molar-refractivity contribution in [2.75, 3.05) is 25.5 Å². The Labute approximate surface area is 155 Å². The van der Waals surface area contributed by atoms with Crippen LogP contribution in [0.15, 0.2) is 42.5 Å². The van der Waals surface area contributed by atoms with Crippen LogP contribution in [0.25, 0.3) is 0 Å². The third-order valence-electron chi connectivity index (χ3n) is 4.16. The van der Waals surface area contributed by atoms with Gasteiger partial charge in [0.2, 0.25) is 11.8 Å². The Morgan fingerprint density at radius 1 is 1.27 bits per heavy atom. The molecule has 2 aromatic rings. The molecule has 1 atom stereocenters. The maximum Gasteiger partial charge on any atom is 0.243 e. The number of hydrogen-bond acceptors (Lipinski definition) is 3. The largest absolute Gasteiger partial charge is 0.492 e. The Bertz CT molecular complexity index is 826. The van der Waals surface area contributed by atoms with Crippen molar-refractivity contribution >= 4 is 29.1 Å². The van der Waals surface area contributed by atoms with E-state index in [1.54, 1.807) is 25.2 Å². The van der Waals surface area contributed by atoms with Crippen LogP contribution in [0.3, 0.4) is 0 Å². The fraction of sp³-hybridized carbons (Fsp3) is 0.263. The molecule has 0 aliphatic carbocycles. The van der Waals surface area contributed by atoms with Crippen molar-refractivity contribution < 1.29 is 18.7 Å². The van der Waals surface area contributed by atoms with Gasteiger partial charge in [-0.05, 0) is 54.4 Å². The fourth-order valence-corrected chi connectivity index (χ4v) is 3.06. The summed E-state index contributed by atoms with van der Waals surface area (Å²) in [4.78, 5) is 26.1. The van der Waals surface area contributed by atoms with E-state index in [-0.39, 0.29) is 36.7 Å². The first-order valence-electron chi connectivity index (χ1n) is 8.14. The number of amides is 2. The zero-order chi connectivity index (χ0) is 18.7. The van der Waals surface area contributed by atoms with Crippen LogP contribution >= 0.6 is 11.6 Å². The van der Waals surface area contributed by atoms with Crippen LogP contribution in [-0.2, 0) is 16.0 Å². The van der Waals surface area contributed by atoms with Gasteiger partial charge >= 0.3 is 0 Å². The highest BCUT2D eigenvalue weighted by Gasteiger charge is 2.29. The molecule has 0 saturated heterocycles. The molecule has 136 valence electrons. The number of halogens is 2. The summed E-state index contributed by atoms with van der Waals surface area (Å²) in [6.45, 7) is 0.159. The molecular formula is C19H18ClFN2O3. The van der Waals surface area contributed by atoms with E-state index in [0.29, 0.717) is 17.1 Å². The minimum Gasteiger partial charge on any atom is -0.492 e. The fourth-order valence-electron chi connectivity index (χ4n) is 2.86. The molecule has 1 heterocycles. The third kappa shape index (κ3) is 4.32. The third-order valence-corrected chi connectivity index (χ3v) is 4.40. The maximum absolute atomic E-state index is 12.9. The summed E-state index contributed by atoms with van der Waals surface area (Å²) in [7, 11) is 1.57. The van der Waals surface area contributed by atoms with Gasteiger partial charge in [-0.2, -0.15) is 0 Å². The molecule has 1 N–H and O–H groups in total. The first kappa shape index (κ1) is 18.2. The van der Waals surface area contributed by atoms with Crippen LogP contribution in [0.2, 0.25) is 5.02 Å². The normalized spacial score (nSPS) is 15.6.